The van der Waals surface area contributed by atoms with Crippen LogP contribution in [0.1, 0.15) is 25.8 Å². The number of benzene rings is 1. The standard InChI is InChI=1S/C13H18N2O2/c1-13(2,17)5-6-15-11-8-10(14)4-3-9(11)7-12(15)16/h3-4,8,17H,5-7,14H2,1-2H3. The van der Waals surface area contributed by atoms with Crippen LogP contribution in [-0.4, -0.2) is 23.2 Å². The Morgan fingerprint density at radius 3 is 2.82 bits per heavy atom. The highest BCUT2D eigenvalue weighted by molar-refractivity contribution is 6.01. The van der Waals surface area contributed by atoms with Crippen molar-refractivity contribution in [3.05, 3.63) is 23.8 Å². The molecule has 1 heterocycles. The average Bonchev–Trinajstić information content (AvgIpc) is 2.49. The molecule has 1 aliphatic heterocycles. The van der Waals surface area contributed by atoms with Crippen LogP contribution >= 0.6 is 0 Å². The van der Waals surface area contributed by atoms with Crippen LogP contribution in [0.3, 0.4) is 0 Å². The molecule has 3 N–H and O–H groups in total. The minimum atomic E-state index is -0.761. The molecule has 1 amide bonds. The third kappa shape index (κ3) is 2.58. The minimum absolute atomic E-state index is 0.0786. The van der Waals surface area contributed by atoms with Crippen molar-refractivity contribution in [2.45, 2.75) is 32.3 Å². The highest BCUT2D eigenvalue weighted by Gasteiger charge is 2.28. The van der Waals surface area contributed by atoms with Crippen LogP contribution in [0, 0.1) is 0 Å². The van der Waals surface area contributed by atoms with E-state index in [-0.39, 0.29) is 5.91 Å². The van der Waals surface area contributed by atoms with Gasteiger partial charge in [-0.3, -0.25) is 4.79 Å². The molecule has 0 unspecified atom stereocenters. The molecule has 0 saturated carbocycles. The van der Waals surface area contributed by atoms with Crippen LogP contribution < -0.4 is 10.6 Å². The summed E-state index contributed by atoms with van der Waals surface area (Å²) in [6.07, 6.45) is 0.981. The molecular weight excluding hydrogens is 216 g/mol. The summed E-state index contributed by atoms with van der Waals surface area (Å²) in [6, 6.07) is 5.53. The van der Waals surface area contributed by atoms with Crippen molar-refractivity contribution in [1.82, 2.24) is 0 Å². The predicted molar refractivity (Wildman–Crippen MR) is 67.8 cm³/mol. The smallest absolute Gasteiger partial charge is 0.231 e. The molecule has 1 aliphatic rings. The van der Waals surface area contributed by atoms with Gasteiger partial charge in [-0.05, 0) is 38.0 Å². The summed E-state index contributed by atoms with van der Waals surface area (Å²) in [4.78, 5) is 13.6. The predicted octanol–water partition coefficient (Wildman–Crippen LogP) is 1.32. The highest BCUT2D eigenvalue weighted by atomic mass is 16.3. The summed E-state index contributed by atoms with van der Waals surface area (Å²) < 4.78 is 0. The normalized spacial score (nSPS) is 15.2. The lowest BCUT2D eigenvalue weighted by molar-refractivity contribution is -0.117. The molecule has 0 atom stereocenters. The van der Waals surface area contributed by atoms with Gasteiger partial charge in [0.05, 0.1) is 12.0 Å². The second-order valence-corrected chi connectivity index (χ2v) is 5.17. The molecule has 0 bridgehead atoms. The Balaban J connectivity index is 2.19. The molecule has 1 aromatic carbocycles. The van der Waals surface area contributed by atoms with E-state index < -0.39 is 5.60 Å². The Bertz CT molecular complexity index is 449. The van der Waals surface area contributed by atoms with Crippen LogP contribution in [0.2, 0.25) is 0 Å². The van der Waals surface area contributed by atoms with Gasteiger partial charge >= 0.3 is 0 Å². The van der Waals surface area contributed by atoms with E-state index in [2.05, 4.69) is 0 Å². The Hall–Kier alpha value is -1.55. The zero-order chi connectivity index (χ0) is 12.6. The van der Waals surface area contributed by atoms with E-state index in [9.17, 15) is 9.90 Å². The van der Waals surface area contributed by atoms with Crippen LogP contribution in [-0.2, 0) is 11.2 Å². The van der Waals surface area contributed by atoms with Crippen LogP contribution in [0.4, 0.5) is 11.4 Å². The van der Waals surface area contributed by atoms with E-state index in [1.807, 2.05) is 18.2 Å². The molecule has 92 valence electrons. The zero-order valence-corrected chi connectivity index (χ0v) is 10.2. The lowest BCUT2D eigenvalue weighted by Crippen LogP contribution is -2.33. The molecule has 0 aromatic heterocycles. The molecule has 1 aromatic rings. The van der Waals surface area contributed by atoms with Gasteiger partial charge in [-0.15, -0.1) is 0 Å². The van der Waals surface area contributed by atoms with E-state index in [0.29, 0.717) is 25.1 Å². The van der Waals surface area contributed by atoms with Crippen LogP contribution in [0.5, 0.6) is 0 Å². The lowest BCUT2D eigenvalue weighted by Gasteiger charge is -2.23. The number of carbonyl (C=O) groups is 1. The van der Waals surface area contributed by atoms with Gasteiger partial charge in [0.1, 0.15) is 0 Å². The summed E-state index contributed by atoms with van der Waals surface area (Å²) in [6.45, 7) is 4.01. The number of anilines is 2. The van der Waals surface area contributed by atoms with Crippen molar-refractivity contribution in [1.29, 1.82) is 0 Å². The SMILES string of the molecule is CC(C)(O)CCN1C(=O)Cc2ccc(N)cc21. The first-order chi connectivity index (χ1) is 7.87. The maximum atomic E-state index is 11.9. The molecule has 2 rings (SSSR count). The van der Waals surface area contributed by atoms with Crippen LogP contribution in [0.15, 0.2) is 18.2 Å². The number of carbonyl (C=O) groups excluding carboxylic acids is 1. The second kappa shape index (κ2) is 4.04. The first-order valence-electron chi connectivity index (χ1n) is 5.78. The number of nitrogen functional groups attached to an aromatic ring is 1. The number of nitrogens with two attached hydrogens (primary N) is 1. The van der Waals surface area contributed by atoms with Crippen molar-refractivity contribution >= 4 is 17.3 Å². The molecule has 0 radical (unpaired) electrons. The van der Waals surface area contributed by atoms with E-state index in [4.69, 9.17) is 5.73 Å². The number of hydrogen-bond acceptors (Lipinski definition) is 3. The van der Waals surface area contributed by atoms with Gasteiger partial charge in [0.2, 0.25) is 5.91 Å². The molecule has 0 saturated heterocycles. The van der Waals surface area contributed by atoms with Gasteiger partial charge in [0.15, 0.2) is 0 Å². The second-order valence-electron chi connectivity index (χ2n) is 5.17. The maximum Gasteiger partial charge on any atom is 0.231 e. The average molecular weight is 234 g/mol. The van der Waals surface area contributed by atoms with Gasteiger partial charge in [0, 0.05) is 17.9 Å². The fourth-order valence-electron chi connectivity index (χ4n) is 2.00. The number of aliphatic hydroxyl groups is 1. The number of rotatable bonds is 3. The molecule has 0 fully saturated rings. The minimum Gasteiger partial charge on any atom is -0.399 e. The topological polar surface area (TPSA) is 66.6 Å². The van der Waals surface area contributed by atoms with Gasteiger partial charge in [-0.1, -0.05) is 6.07 Å². The largest absolute Gasteiger partial charge is 0.399 e. The van der Waals surface area contributed by atoms with E-state index in [0.717, 1.165) is 11.3 Å². The Labute approximate surface area is 101 Å². The van der Waals surface area contributed by atoms with Gasteiger partial charge in [-0.2, -0.15) is 0 Å². The van der Waals surface area contributed by atoms with Gasteiger partial charge in [-0.25, -0.2) is 0 Å². The van der Waals surface area contributed by atoms with E-state index in [1.165, 1.54) is 0 Å². The van der Waals surface area contributed by atoms with Gasteiger partial charge < -0.3 is 15.7 Å². The summed E-state index contributed by atoms with van der Waals surface area (Å²) in [5, 5.41) is 9.70. The molecule has 4 heteroatoms. The third-order valence-electron chi connectivity index (χ3n) is 2.99. The number of nitrogens with zero attached hydrogens (tertiary/aromatic N) is 1. The lowest BCUT2D eigenvalue weighted by atomic mass is 10.1. The van der Waals surface area contributed by atoms with Crippen LogP contribution in [0.25, 0.3) is 0 Å². The molecule has 0 aliphatic carbocycles. The Morgan fingerprint density at radius 1 is 1.47 bits per heavy atom. The zero-order valence-electron chi connectivity index (χ0n) is 10.2. The Kier molecular flexibility index (Phi) is 2.83. The van der Waals surface area contributed by atoms with Crippen molar-refractivity contribution in [3.8, 4) is 0 Å². The van der Waals surface area contributed by atoms with Gasteiger partial charge in [0.25, 0.3) is 0 Å². The molecular formula is C13H18N2O2. The monoisotopic (exact) mass is 234 g/mol. The fraction of sp³-hybridized carbons (Fsp3) is 0.462. The van der Waals surface area contributed by atoms with E-state index >= 15 is 0 Å². The highest BCUT2D eigenvalue weighted by Crippen LogP contribution is 2.31. The summed E-state index contributed by atoms with van der Waals surface area (Å²) in [5.41, 5.74) is 7.53. The van der Waals surface area contributed by atoms with Crippen molar-refractivity contribution in [2.24, 2.45) is 0 Å². The summed E-state index contributed by atoms with van der Waals surface area (Å²) >= 11 is 0. The van der Waals surface area contributed by atoms with Crippen molar-refractivity contribution < 1.29 is 9.90 Å². The molecule has 17 heavy (non-hydrogen) atoms. The fourth-order valence-corrected chi connectivity index (χ4v) is 2.00. The third-order valence-corrected chi connectivity index (χ3v) is 2.99. The summed E-state index contributed by atoms with van der Waals surface area (Å²) in [5.74, 6) is 0.0786. The van der Waals surface area contributed by atoms with Crippen molar-refractivity contribution in [3.63, 3.8) is 0 Å². The quantitative estimate of drug-likeness (QED) is 0.775. The first-order valence-corrected chi connectivity index (χ1v) is 5.78. The summed E-state index contributed by atoms with van der Waals surface area (Å²) in [7, 11) is 0. The Morgan fingerprint density at radius 2 is 2.18 bits per heavy atom. The molecule has 0 spiro atoms. The number of amides is 1. The molecule has 4 nitrogen and oxygen atoms in total. The van der Waals surface area contributed by atoms with E-state index in [1.54, 1.807) is 18.7 Å². The number of hydrogen-bond donors (Lipinski definition) is 2. The maximum absolute atomic E-state index is 11.9. The first kappa shape index (κ1) is 11.9. The van der Waals surface area contributed by atoms with Crippen molar-refractivity contribution in [2.75, 3.05) is 17.2 Å². The number of fused-ring (bicyclic) bond motifs is 1.